The van der Waals surface area contributed by atoms with Gasteiger partial charge in [-0.1, -0.05) is 38.4 Å². The average Bonchev–Trinajstić information content (AvgIpc) is 3.11. The summed E-state index contributed by atoms with van der Waals surface area (Å²) in [5.41, 5.74) is 4.93. The van der Waals surface area contributed by atoms with Crippen LogP contribution in [0.25, 0.3) is 22.3 Å². The third-order valence-electron chi connectivity index (χ3n) is 5.67. The van der Waals surface area contributed by atoms with Crippen molar-refractivity contribution in [1.82, 2.24) is 14.9 Å². The molecule has 0 unspecified atom stereocenters. The zero-order chi connectivity index (χ0) is 23.0. The normalized spacial score (nSPS) is 18.8. The SMILES string of the molecule is CC(C)(C)c1cc(-c2cncc(-c3ccc(C(=O)N4C[C@@H](O)[C@@H](O)C4)cc3Cl)c2)ccn1. The maximum atomic E-state index is 12.7. The lowest BCUT2D eigenvalue weighted by atomic mass is 9.90. The number of carbonyl (C=O) groups is 1. The molecular weight excluding hydrogens is 426 g/mol. The Bertz CT molecular complexity index is 1150. The number of hydrogen-bond donors (Lipinski definition) is 2. The maximum Gasteiger partial charge on any atom is 0.254 e. The Morgan fingerprint density at radius 1 is 1.00 bits per heavy atom. The van der Waals surface area contributed by atoms with Gasteiger partial charge in [0.1, 0.15) is 0 Å². The van der Waals surface area contributed by atoms with E-state index in [1.165, 1.54) is 4.90 Å². The number of aliphatic hydroxyl groups excluding tert-OH is 2. The molecule has 1 aliphatic rings. The Morgan fingerprint density at radius 2 is 1.69 bits per heavy atom. The number of hydrogen-bond acceptors (Lipinski definition) is 5. The lowest BCUT2D eigenvalue weighted by Gasteiger charge is -2.18. The number of amides is 1. The van der Waals surface area contributed by atoms with Crippen molar-refractivity contribution in [1.29, 1.82) is 0 Å². The van der Waals surface area contributed by atoms with E-state index in [9.17, 15) is 15.0 Å². The van der Waals surface area contributed by atoms with Gasteiger partial charge in [0, 0.05) is 70.1 Å². The van der Waals surface area contributed by atoms with Crippen molar-refractivity contribution in [2.45, 2.75) is 38.4 Å². The first kappa shape index (κ1) is 22.4. The Balaban J connectivity index is 1.62. The van der Waals surface area contributed by atoms with Crippen LogP contribution < -0.4 is 0 Å². The Kier molecular flexibility index (Phi) is 6.03. The highest BCUT2D eigenvalue weighted by Gasteiger charge is 2.33. The second-order valence-electron chi connectivity index (χ2n) is 9.18. The van der Waals surface area contributed by atoms with Gasteiger partial charge >= 0.3 is 0 Å². The zero-order valence-electron chi connectivity index (χ0n) is 18.3. The second-order valence-corrected chi connectivity index (χ2v) is 9.59. The molecule has 1 amide bonds. The first-order chi connectivity index (χ1) is 15.1. The summed E-state index contributed by atoms with van der Waals surface area (Å²) in [6.07, 6.45) is 3.51. The van der Waals surface area contributed by atoms with Gasteiger partial charge < -0.3 is 15.1 Å². The maximum absolute atomic E-state index is 12.7. The molecule has 0 bridgehead atoms. The highest BCUT2D eigenvalue weighted by molar-refractivity contribution is 6.33. The lowest BCUT2D eigenvalue weighted by Crippen LogP contribution is -2.29. The molecule has 1 aromatic carbocycles. The average molecular weight is 452 g/mol. The van der Waals surface area contributed by atoms with Crippen molar-refractivity contribution in [2.24, 2.45) is 0 Å². The summed E-state index contributed by atoms with van der Waals surface area (Å²) in [6.45, 7) is 6.58. The van der Waals surface area contributed by atoms with E-state index in [1.54, 1.807) is 30.6 Å². The molecule has 7 heteroatoms. The molecule has 1 saturated heterocycles. The van der Waals surface area contributed by atoms with E-state index in [4.69, 9.17) is 11.6 Å². The van der Waals surface area contributed by atoms with E-state index in [2.05, 4.69) is 36.8 Å². The van der Waals surface area contributed by atoms with E-state index in [0.29, 0.717) is 10.6 Å². The third kappa shape index (κ3) is 4.53. The predicted octanol–water partition coefficient (Wildman–Crippen LogP) is 3.94. The summed E-state index contributed by atoms with van der Waals surface area (Å²) >= 11 is 6.55. The molecule has 2 aromatic heterocycles. The lowest BCUT2D eigenvalue weighted by molar-refractivity contribution is 0.0572. The smallest absolute Gasteiger partial charge is 0.254 e. The van der Waals surface area contributed by atoms with Gasteiger partial charge in [-0.15, -0.1) is 0 Å². The molecule has 0 aliphatic carbocycles. The van der Waals surface area contributed by atoms with Crippen molar-refractivity contribution in [3.63, 3.8) is 0 Å². The molecule has 166 valence electrons. The fourth-order valence-corrected chi connectivity index (χ4v) is 4.06. The van der Waals surface area contributed by atoms with E-state index < -0.39 is 12.2 Å². The minimum Gasteiger partial charge on any atom is -0.388 e. The predicted molar refractivity (Wildman–Crippen MR) is 125 cm³/mol. The molecule has 32 heavy (non-hydrogen) atoms. The summed E-state index contributed by atoms with van der Waals surface area (Å²) in [5.74, 6) is -0.271. The van der Waals surface area contributed by atoms with E-state index in [1.807, 2.05) is 18.3 Å². The molecule has 4 rings (SSSR count). The van der Waals surface area contributed by atoms with Gasteiger partial charge in [-0.05, 0) is 35.9 Å². The van der Waals surface area contributed by atoms with Crippen LogP contribution in [0.3, 0.4) is 0 Å². The highest BCUT2D eigenvalue weighted by Crippen LogP contribution is 2.32. The van der Waals surface area contributed by atoms with Crippen LogP contribution in [0.4, 0.5) is 0 Å². The van der Waals surface area contributed by atoms with Crippen LogP contribution in [0.1, 0.15) is 36.8 Å². The van der Waals surface area contributed by atoms with Crippen LogP contribution in [0, 0.1) is 0 Å². The number of pyridine rings is 2. The number of halogens is 1. The van der Waals surface area contributed by atoms with Crippen LogP contribution in [0.5, 0.6) is 0 Å². The number of benzene rings is 1. The van der Waals surface area contributed by atoms with Crippen molar-refractivity contribution in [3.05, 3.63) is 71.3 Å². The van der Waals surface area contributed by atoms with Crippen LogP contribution in [0.15, 0.2) is 55.0 Å². The molecule has 3 aromatic rings. The Morgan fingerprint density at radius 3 is 2.34 bits per heavy atom. The van der Waals surface area contributed by atoms with Crippen LogP contribution in [-0.2, 0) is 5.41 Å². The van der Waals surface area contributed by atoms with E-state index in [0.717, 1.165) is 27.9 Å². The molecule has 3 heterocycles. The molecule has 6 nitrogen and oxygen atoms in total. The minimum absolute atomic E-state index is 0.0614. The van der Waals surface area contributed by atoms with Crippen LogP contribution >= 0.6 is 11.6 Å². The third-order valence-corrected chi connectivity index (χ3v) is 5.99. The van der Waals surface area contributed by atoms with Gasteiger partial charge in [0.2, 0.25) is 0 Å². The summed E-state index contributed by atoms with van der Waals surface area (Å²) in [7, 11) is 0. The molecule has 2 atom stereocenters. The highest BCUT2D eigenvalue weighted by atomic mass is 35.5. The number of β-amino-alcohol motifs (C(OH)–C–C–N with tert-alkyl or cyclic N) is 2. The molecule has 1 aliphatic heterocycles. The first-order valence-corrected chi connectivity index (χ1v) is 10.9. The van der Waals surface area contributed by atoms with Crippen LogP contribution in [-0.4, -0.2) is 56.3 Å². The largest absolute Gasteiger partial charge is 0.388 e. The molecule has 0 saturated carbocycles. The topological polar surface area (TPSA) is 86.6 Å². The van der Waals surface area contributed by atoms with Gasteiger partial charge in [-0.3, -0.25) is 14.8 Å². The van der Waals surface area contributed by atoms with E-state index in [-0.39, 0.29) is 24.4 Å². The summed E-state index contributed by atoms with van der Waals surface area (Å²) in [6, 6.07) is 11.2. The standard InChI is InChI=1S/C25H26ClN3O3/c1-25(2,3)23-10-15(6-7-28-23)17-8-18(12-27-11-17)19-5-4-16(9-20(19)26)24(32)29-13-21(30)22(31)14-29/h4-12,21-22,30-31H,13-14H2,1-3H3/t21-,22+. The van der Waals surface area contributed by atoms with Crippen molar-refractivity contribution in [3.8, 4) is 22.3 Å². The molecule has 0 spiro atoms. The van der Waals surface area contributed by atoms with Crippen molar-refractivity contribution >= 4 is 17.5 Å². The minimum atomic E-state index is -0.922. The summed E-state index contributed by atoms with van der Waals surface area (Å²) in [5, 5.41) is 19.9. The quantitative estimate of drug-likeness (QED) is 0.629. The molecule has 2 N–H and O–H groups in total. The van der Waals surface area contributed by atoms with Gasteiger partial charge in [0.05, 0.1) is 12.2 Å². The van der Waals surface area contributed by atoms with Crippen molar-refractivity contribution in [2.75, 3.05) is 13.1 Å². The number of nitrogens with zero attached hydrogens (tertiary/aromatic N) is 3. The van der Waals surface area contributed by atoms with Crippen molar-refractivity contribution < 1.29 is 15.0 Å². The first-order valence-electron chi connectivity index (χ1n) is 10.5. The van der Waals surface area contributed by atoms with Gasteiger partial charge in [-0.2, -0.15) is 0 Å². The fraction of sp³-hybridized carbons (Fsp3) is 0.320. The van der Waals surface area contributed by atoms with E-state index >= 15 is 0 Å². The monoisotopic (exact) mass is 451 g/mol. The van der Waals surface area contributed by atoms with Crippen LogP contribution in [0.2, 0.25) is 5.02 Å². The number of aliphatic hydroxyl groups is 2. The number of rotatable bonds is 3. The summed E-state index contributed by atoms with van der Waals surface area (Å²) in [4.78, 5) is 23.0. The molecule has 1 fully saturated rings. The summed E-state index contributed by atoms with van der Waals surface area (Å²) < 4.78 is 0. The van der Waals surface area contributed by atoms with Gasteiger partial charge in [0.25, 0.3) is 5.91 Å². The number of carbonyl (C=O) groups excluding carboxylic acids is 1. The zero-order valence-corrected chi connectivity index (χ0v) is 19.0. The Hall–Kier alpha value is -2.80. The van der Waals surface area contributed by atoms with Gasteiger partial charge in [0.15, 0.2) is 0 Å². The fourth-order valence-electron chi connectivity index (χ4n) is 3.77. The number of aromatic nitrogens is 2. The molecular formula is C25H26ClN3O3. The second kappa shape index (κ2) is 8.62. The molecule has 0 radical (unpaired) electrons. The Labute approximate surface area is 192 Å². The number of likely N-dealkylation sites (tertiary alicyclic amines) is 1. The van der Waals surface area contributed by atoms with Gasteiger partial charge in [-0.25, -0.2) is 0 Å².